The van der Waals surface area contributed by atoms with Gasteiger partial charge >= 0.3 is 0 Å². The van der Waals surface area contributed by atoms with Crippen molar-refractivity contribution >= 4 is 5.91 Å². The monoisotopic (exact) mass is 273 g/mol. The topological polar surface area (TPSA) is 67.2 Å². The van der Waals surface area contributed by atoms with E-state index in [2.05, 4.69) is 17.2 Å². The molecule has 1 aromatic heterocycles. The molecule has 1 heterocycles. The van der Waals surface area contributed by atoms with Crippen LogP contribution in [0.5, 0.6) is 5.75 Å². The molecule has 5 heteroatoms. The number of nitrogens with zero attached hydrogens (tertiary/aromatic N) is 2. The molecule has 0 unspecified atom stereocenters. The molecule has 106 valence electrons. The number of hydrogen-bond donors (Lipinski definition) is 2. The van der Waals surface area contributed by atoms with Crippen LogP contribution in [0.25, 0.3) is 0 Å². The second kappa shape index (κ2) is 6.23. The first-order chi connectivity index (χ1) is 9.56. The normalized spacial score (nSPS) is 12.1. The Balaban J connectivity index is 1.90. The Morgan fingerprint density at radius 3 is 3.00 bits per heavy atom. The molecule has 1 atom stereocenters. The van der Waals surface area contributed by atoms with Crippen LogP contribution < -0.4 is 5.32 Å². The molecule has 0 spiro atoms. The van der Waals surface area contributed by atoms with Crippen molar-refractivity contribution in [3.63, 3.8) is 0 Å². The summed E-state index contributed by atoms with van der Waals surface area (Å²) in [5.41, 5.74) is 1.26. The number of amides is 1. The van der Waals surface area contributed by atoms with Gasteiger partial charge < -0.3 is 15.0 Å². The number of phenolic OH excluding ortho intramolecular Hbond substituents is 1. The number of benzene rings is 1. The number of nitrogens with one attached hydrogen (secondary N) is 1. The van der Waals surface area contributed by atoms with Crippen molar-refractivity contribution in [1.29, 1.82) is 0 Å². The number of hydrogen-bond acceptors (Lipinski definition) is 3. The van der Waals surface area contributed by atoms with E-state index in [1.165, 1.54) is 0 Å². The third kappa shape index (κ3) is 3.60. The number of imidazole rings is 1. The zero-order chi connectivity index (χ0) is 14.5. The Bertz CT molecular complexity index is 579. The van der Waals surface area contributed by atoms with Gasteiger partial charge in [-0.1, -0.05) is 18.6 Å². The van der Waals surface area contributed by atoms with E-state index in [-0.39, 0.29) is 17.6 Å². The minimum Gasteiger partial charge on any atom is -0.507 e. The van der Waals surface area contributed by atoms with Crippen LogP contribution >= 0.6 is 0 Å². The number of phenols is 1. The summed E-state index contributed by atoms with van der Waals surface area (Å²) in [7, 11) is 0. The molecular formula is C15H19N3O2. The van der Waals surface area contributed by atoms with Crippen LogP contribution in [0.3, 0.4) is 0 Å². The highest BCUT2D eigenvalue weighted by atomic mass is 16.3. The molecule has 2 rings (SSSR count). The molecule has 0 saturated heterocycles. The molecular weight excluding hydrogens is 254 g/mol. The average Bonchev–Trinajstić information content (AvgIpc) is 2.91. The lowest BCUT2D eigenvalue weighted by atomic mass is 10.1. The van der Waals surface area contributed by atoms with Gasteiger partial charge in [0.15, 0.2) is 0 Å². The van der Waals surface area contributed by atoms with Crippen LogP contribution in [0.1, 0.15) is 22.8 Å². The summed E-state index contributed by atoms with van der Waals surface area (Å²) < 4.78 is 1.97. The van der Waals surface area contributed by atoms with Crippen molar-refractivity contribution in [1.82, 2.24) is 14.9 Å². The van der Waals surface area contributed by atoms with Crippen LogP contribution in [-0.2, 0) is 6.54 Å². The van der Waals surface area contributed by atoms with Gasteiger partial charge in [-0.3, -0.25) is 4.79 Å². The van der Waals surface area contributed by atoms with Gasteiger partial charge in [-0.15, -0.1) is 0 Å². The number of aryl methyl sites for hydroxylation is 1. The molecule has 0 saturated carbocycles. The van der Waals surface area contributed by atoms with Crippen LogP contribution in [0.2, 0.25) is 0 Å². The minimum absolute atomic E-state index is 0.00960. The van der Waals surface area contributed by atoms with Gasteiger partial charge in [0.2, 0.25) is 0 Å². The standard InChI is InChI=1S/C15H19N3O2/c1-11-3-4-14(19)13(7-11)15(20)17-8-12(2)9-18-6-5-16-10-18/h3-7,10,12,19H,8-9H2,1-2H3,(H,17,20)/t12-/m0/s1. The molecule has 0 fully saturated rings. The fourth-order valence-corrected chi connectivity index (χ4v) is 2.01. The minimum atomic E-state index is -0.247. The highest BCUT2D eigenvalue weighted by Gasteiger charge is 2.12. The first-order valence-electron chi connectivity index (χ1n) is 6.60. The van der Waals surface area contributed by atoms with E-state index in [1.807, 2.05) is 17.7 Å². The number of aromatic hydroxyl groups is 1. The Hall–Kier alpha value is -2.30. The van der Waals surface area contributed by atoms with E-state index in [9.17, 15) is 9.90 Å². The van der Waals surface area contributed by atoms with Gasteiger partial charge in [-0.05, 0) is 25.0 Å². The zero-order valence-corrected chi connectivity index (χ0v) is 11.7. The molecule has 0 aliphatic carbocycles. The maximum atomic E-state index is 12.0. The third-order valence-electron chi connectivity index (χ3n) is 3.09. The summed E-state index contributed by atoms with van der Waals surface area (Å²) in [4.78, 5) is 16.0. The first-order valence-corrected chi connectivity index (χ1v) is 6.60. The van der Waals surface area contributed by atoms with Gasteiger partial charge in [-0.25, -0.2) is 4.98 Å². The number of aromatic nitrogens is 2. The van der Waals surface area contributed by atoms with E-state index < -0.39 is 0 Å². The van der Waals surface area contributed by atoms with Crippen LogP contribution in [0.15, 0.2) is 36.9 Å². The van der Waals surface area contributed by atoms with E-state index in [0.29, 0.717) is 12.1 Å². The molecule has 0 bridgehead atoms. The smallest absolute Gasteiger partial charge is 0.255 e. The van der Waals surface area contributed by atoms with Gasteiger partial charge in [-0.2, -0.15) is 0 Å². The van der Waals surface area contributed by atoms with E-state index in [0.717, 1.165) is 12.1 Å². The molecule has 1 amide bonds. The van der Waals surface area contributed by atoms with Crippen molar-refractivity contribution < 1.29 is 9.90 Å². The fourth-order valence-electron chi connectivity index (χ4n) is 2.01. The quantitative estimate of drug-likeness (QED) is 0.875. The molecule has 20 heavy (non-hydrogen) atoms. The fraction of sp³-hybridized carbons (Fsp3) is 0.333. The summed E-state index contributed by atoms with van der Waals surface area (Å²) in [6.45, 7) is 5.28. The van der Waals surface area contributed by atoms with Crippen molar-refractivity contribution in [3.8, 4) is 5.75 Å². The number of rotatable bonds is 5. The number of carbonyl (C=O) groups is 1. The highest BCUT2D eigenvalue weighted by molar-refractivity contribution is 5.96. The van der Waals surface area contributed by atoms with Crippen LogP contribution in [-0.4, -0.2) is 27.1 Å². The third-order valence-corrected chi connectivity index (χ3v) is 3.09. The second-order valence-corrected chi connectivity index (χ2v) is 5.10. The predicted octanol–water partition coefficient (Wildman–Crippen LogP) is 1.96. The van der Waals surface area contributed by atoms with Gasteiger partial charge in [0.25, 0.3) is 5.91 Å². The van der Waals surface area contributed by atoms with Crippen molar-refractivity contribution in [2.24, 2.45) is 5.92 Å². The Kier molecular flexibility index (Phi) is 4.40. The van der Waals surface area contributed by atoms with Gasteiger partial charge in [0.1, 0.15) is 5.75 Å². The average molecular weight is 273 g/mol. The van der Waals surface area contributed by atoms with Crippen LogP contribution in [0.4, 0.5) is 0 Å². The van der Waals surface area contributed by atoms with Crippen molar-refractivity contribution in [2.75, 3.05) is 6.54 Å². The molecule has 0 aliphatic rings. The second-order valence-electron chi connectivity index (χ2n) is 5.10. The maximum absolute atomic E-state index is 12.0. The van der Waals surface area contributed by atoms with Crippen molar-refractivity contribution in [2.45, 2.75) is 20.4 Å². The Labute approximate surface area is 118 Å². The summed E-state index contributed by atoms with van der Waals surface area (Å²) in [6.07, 6.45) is 5.38. The lowest BCUT2D eigenvalue weighted by Gasteiger charge is -2.14. The molecule has 0 aliphatic heterocycles. The molecule has 1 aromatic carbocycles. The Morgan fingerprint density at radius 2 is 2.30 bits per heavy atom. The summed E-state index contributed by atoms with van der Waals surface area (Å²) in [6, 6.07) is 5.00. The van der Waals surface area contributed by atoms with Gasteiger partial charge in [0.05, 0.1) is 11.9 Å². The molecule has 0 radical (unpaired) electrons. The Morgan fingerprint density at radius 1 is 1.50 bits per heavy atom. The molecule has 2 N–H and O–H groups in total. The lowest BCUT2D eigenvalue weighted by Crippen LogP contribution is -2.30. The predicted molar refractivity (Wildman–Crippen MR) is 76.6 cm³/mol. The largest absolute Gasteiger partial charge is 0.507 e. The van der Waals surface area contributed by atoms with E-state index in [1.54, 1.807) is 30.7 Å². The lowest BCUT2D eigenvalue weighted by molar-refractivity contribution is 0.0944. The summed E-state index contributed by atoms with van der Waals surface area (Å²) in [5.74, 6) is 0.0409. The first kappa shape index (κ1) is 14.1. The van der Waals surface area contributed by atoms with Crippen molar-refractivity contribution in [3.05, 3.63) is 48.0 Å². The SMILES string of the molecule is Cc1ccc(O)c(C(=O)NC[C@H](C)Cn2ccnc2)c1. The summed E-state index contributed by atoms with van der Waals surface area (Å²) >= 11 is 0. The zero-order valence-electron chi connectivity index (χ0n) is 11.7. The molecule has 5 nitrogen and oxygen atoms in total. The highest BCUT2D eigenvalue weighted by Crippen LogP contribution is 2.17. The maximum Gasteiger partial charge on any atom is 0.255 e. The van der Waals surface area contributed by atoms with Gasteiger partial charge in [0, 0.05) is 25.5 Å². The number of carbonyl (C=O) groups excluding carboxylic acids is 1. The van der Waals surface area contributed by atoms with E-state index >= 15 is 0 Å². The van der Waals surface area contributed by atoms with E-state index in [4.69, 9.17) is 0 Å². The molecule has 2 aromatic rings. The van der Waals surface area contributed by atoms with Crippen LogP contribution in [0, 0.1) is 12.8 Å². The summed E-state index contributed by atoms with van der Waals surface area (Å²) in [5, 5.41) is 12.6.